The van der Waals surface area contributed by atoms with Crippen molar-refractivity contribution in [2.75, 3.05) is 30.4 Å². The van der Waals surface area contributed by atoms with E-state index in [0.717, 1.165) is 29.7 Å². The number of ether oxygens (including phenoxy) is 2. The molecular weight excluding hydrogens is 440 g/mol. The number of aryl methyl sites for hydroxylation is 1. The molecule has 3 aromatic rings. The highest BCUT2D eigenvalue weighted by atomic mass is 32.2. The maximum absolute atomic E-state index is 13.4. The minimum absolute atomic E-state index is 0.180. The van der Waals surface area contributed by atoms with Gasteiger partial charge in [0.05, 0.1) is 31.2 Å². The Balaban J connectivity index is 1.55. The second kappa shape index (κ2) is 9.54. The number of nitrogens with one attached hydrogen (secondary N) is 1. The fraction of sp³-hybridized carbons (Fsp3) is 0.240. The van der Waals surface area contributed by atoms with Crippen LogP contribution in [0.3, 0.4) is 0 Å². The second-order valence-corrected chi connectivity index (χ2v) is 9.64. The van der Waals surface area contributed by atoms with E-state index >= 15 is 0 Å². The Hall–Kier alpha value is -3.52. The molecule has 33 heavy (non-hydrogen) atoms. The van der Waals surface area contributed by atoms with E-state index in [1.54, 1.807) is 37.4 Å². The van der Waals surface area contributed by atoms with Gasteiger partial charge in [-0.15, -0.1) is 0 Å². The molecular formula is C25H26N2O5S. The zero-order valence-electron chi connectivity index (χ0n) is 18.6. The van der Waals surface area contributed by atoms with Gasteiger partial charge < -0.3 is 14.8 Å². The fourth-order valence-electron chi connectivity index (χ4n) is 3.88. The van der Waals surface area contributed by atoms with E-state index in [1.165, 1.54) is 11.4 Å². The van der Waals surface area contributed by atoms with Gasteiger partial charge in [-0.25, -0.2) is 8.42 Å². The minimum atomic E-state index is -3.75. The normalized spacial score (nSPS) is 13.2. The number of sulfonamides is 1. The Kier molecular flexibility index (Phi) is 6.55. The van der Waals surface area contributed by atoms with Gasteiger partial charge in [0.15, 0.2) is 0 Å². The standard InChI is InChI=1S/C25H26N2O5S/c1-31-21-9-5-18(6-10-21)16-25(28)26-20-8-7-19-4-3-15-27(24(19)17-20)33(29,30)23-13-11-22(32-2)12-14-23/h5-14,17H,3-4,15-16H2,1-2H3,(H,26,28). The van der Waals surface area contributed by atoms with E-state index in [-0.39, 0.29) is 17.2 Å². The van der Waals surface area contributed by atoms with Crippen molar-refractivity contribution in [2.45, 2.75) is 24.2 Å². The van der Waals surface area contributed by atoms with E-state index in [2.05, 4.69) is 5.32 Å². The maximum Gasteiger partial charge on any atom is 0.264 e. The molecule has 0 unspecified atom stereocenters. The first-order valence-corrected chi connectivity index (χ1v) is 12.1. The first-order chi connectivity index (χ1) is 15.9. The van der Waals surface area contributed by atoms with Crippen molar-refractivity contribution in [1.82, 2.24) is 0 Å². The molecule has 8 heteroatoms. The molecule has 1 aliphatic rings. The van der Waals surface area contributed by atoms with Crippen molar-refractivity contribution >= 4 is 27.3 Å². The quantitative estimate of drug-likeness (QED) is 0.568. The van der Waals surface area contributed by atoms with Crippen molar-refractivity contribution in [2.24, 2.45) is 0 Å². The number of amides is 1. The Morgan fingerprint density at radius 1 is 0.939 bits per heavy atom. The van der Waals surface area contributed by atoms with Crippen LogP contribution in [-0.4, -0.2) is 35.1 Å². The number of rotatable bonds is 7. The Labute approximate surface area is 194 Å². The number of carbonyl (C=O) groups is 1. The number of hydrogen-bond acceptors (Lipinski definition) is 5. The highest BCUT2D eigenvalue weighted by Crippen LogP contribution is 2.34. The minimum Gasteiger partial charge on any atom is -0.497 e. The summed E-state index contributed by atoms with van der Waals surface area (Å²) in [6.07, 6.45) is 1.71. The van der Waals surface area contributed by atoms with Crippen LogP contribution in [0.15, 0.2) is 71.6 Å². The van der Waals surface area contributed by atoms with Gasteiger partial charge in [-0.1, -0.05) is 18.2 Å². The third-order valence-electron chi connectivity index (χ3n) is 5.62. The van der Waals surface area contributed by atoms with E-state index in [1.807, 2.05) is 36.4 Å². The van der Waals surface area contributed by atoms with Crippen molar-refractivity contribution < 1.29 is 22.7 Å². The number of anilines is 2. The first kappa shape index (κ1) is 22.7. The Morgan fingerprint density at radius 2 is 1.58 bits per heavy atom. The third kappa shape index (κ3) is 4.96. The number of methoxy groups -OCH3 is 2. The summed E-state index contributed by atoms with van der Waals surface area (Å²) in [5.41, 5.74) is 2.95. The lowest BCUT2D eigenvalue weighted by Gasteiger charge is -2.31. The van der Waals surface area contributed by atoms with Crippen LogP contribution in [0, 0.1) is 0 Å². The van der Waals surface area contributed by atoms with E-state index in [4.69, 9.17) is 9.47 Å². The van der Waals surface area contributed by atoms with Gasteiger partial charge in [-0.2, -0.15) is 0 Å². The zero-order chi connectivity index (χ0) is 23.4. The molecule has 1 heterocycles. The molecule has 0 aromatic heterocycles. The number of nitrogens with zero attached hydrogens (tertiary/aromatic N) is 1. The molecule has 0 atom stereocenters. The lowest BCUT2D eigenvalue weighted by atomic mass is 10.0. The zero-order valence-corrected chi connectivity index (χ0v) is 19.4. The van der Waals surface area contributed by atoms with Crippen LogP contribution < -0.4 is 19.1 Å². The number of benzene rings is 3. The fourth-order valence-corrected chi connectivity index (χ4v) is 5.41. The SMILES string of the molecule is COc1ccc(CC(=O)Nc2ccc3c(c2)N(S(=O)(=O)c2ccc(OC)cc2)CCC3)cc1. The summed E-state index contributed by atoms with van der Waals surface area (Å²) in [6.45, 7) is 0.380. The molecule has 0 radical (unpaired) electrons. The lowest BCUT2D eigenvalue weighted by Crippen LogP contribution is -2.35. The molecule has 0 saturated carbocycles. The molecule has 7 nitrogen and oxygen atoms in total. The predicted octanol–water partition coefficient (Wildman–Crippen LogP) is 4.03. The molecule has 0 saturated heterocycles. The summed E-state index contributed by atoms with van der Waals surface area (Å²) < 4.78 is 38.4. The van der Waals surface area contributed by atoms with Gasteiger partial charge in [-0.05, 0) is 72.5 Å². The molecule has 3 aromatic carbocycles. The van der Waals surface area contributed by atoms with Gasteiger partial charge in [0.1, 0.15) is 11.5 Å². The molecule has 1 N–H and O–H groups in total. The number of carbonyl (C=O) groups excluding carboxylic acids is 1. The molecule has 0 spiro atoms. The summed E-state index contributed by atoms with van der Waals surface area (Å²) in [5.74, 6) is 1.14. The summed E-state index contributed by atoms with van der Waals surface area (Å²) in [7, 11) is -0.618. The highest BCUT2D eigenvalue weighted by Gasteiger charge is 2.29. The number of fused-ring (bicyclic) bond motifs is 1. The topological polar surface area (TPSA) is 84.9 Å². The van der Waals surface area contributed by atoms with E-state index in [0.29, 0.717) is 23.7 Å². The van der Waals surface area contributed by atoms with Gasteiger partial charge in [-0.3, -0.25) is 9.10 Å². The molecule has 172 valence electrons. The lowest BCUT2D eigenvalue weighted by molar-refractivity contribution is -0.115. The number of hydrogen-bond donors (Lipinski definition) is 1. The monoisotopic (exact) mass is 466 g/mol. The highest BCUT2D eigenvalue weighted by molar-refractivity contribution is 7.92. The smallest absolute Gasteiger partial charge is 0.264 e. The van der Waals surface area contributed by atoms with Crippen LogP contribution in [0.2, 0.25) is 0 Å². The van der Waals surface area contributed by atoms with Crippen molar-refractivity contribution in [3.8, 4) is 11.5 Å². The summed E-state index contributed by atoms with van der Waals surface area (Å²) in [5, 5.41) is 2.89. The van der Waals surface area contributed by atoms with Crippen LogP contribution in [0.4, 0.5) is 11.4 Å². The third-order valence-corrected chi connectivity index (χ3v) is 7.44. The van der Waals surface area contributed by atoms with Gasteiger partial charge in [0.2, 0.25) is 5.91 Å². The summed E-state index contributed by atoms with van der Waals surface area (Å²) >= 11 is 0. The van der Waals surface area contributed by atoms with Crippen molar-refractivity contribution in [1.29, 1.82) is 0 Å². The molecule has 0 fully saturated rings. The van der Waals surface area contributed by atoms with Gasteiger partial charge in [0.25, 0.3) is 10.0 Å². The molecule has 4 rings (SSSR count). The summed E-state index contributed by atoms with van der Waals surface area (Å²) in [6, 6.07) is 19.1. The first-order valence-electron chi connectivity index (χ1n) is 10.6. The van der Waals surface area contributed by atoms with Gasteiger partial charge in [0, 0.05) is 12.2 Å². The van der Waals surface area contributed by atoms with Crippen LogP contribution >= 0.6 is 0 Å². The maximum atomic E-state index is 13.4. The average Bonchev–Trinajstić information content (AvgIpc) is 2.84. The van der Waals surface area contributed by atoms with Crippen LogP contribution in [0.1, 0.15) is 17.5 Å². The molecule has 0 aliphatic carbocycles. The van der Waals surface area contributed by atoms with Crippen LogP contribution in [0.5, 0.6) is 11.5 Å². The second-order valence-electron chi connectivity index (χ2n) is 7.77. The Bertz CT molecular complexity index is 1240. The van der Waals surface area contributed by atoms with Crippen LogP contribution in [0.25, 0.3) is 0 Å². The van der Waals surface area contributed by atoms with Crippen molar-refractivity contribution in [3.05, 3.63) is 77.9 Å². The molecule has 1 aliphatic heterocycles. The predicted molar refractivity (Wildman–Crippen MR) is 128 cm³/mol. The molecule has 0 bridgehead atoms. The largest absolute Gasteiger partial charge is 0.497 e. The summed E-state index contributed by atoms with van der Waals surface area (Å²) in [4.78, 5) is 12.8. The van der Waals surface area contributed by atoms with Crippen molar-refractivity contribution in [3.63, 3.8) is 0 Å². The van der Waals surface area contributed by atoms with Crippen LogP contribution in [-0.2, 0) is 27.7 Å². The average molecular weight is 467 g/mol. The van der Waals surface area contributed by atoms with Gasteiger partial charge >= 0.3 is 0 Å². The Morgan fingerprint density at radius 3 is 2.21 bits per heavy atom. The molecule has 1 amide bonds. The van der Waals surface area contributed by atoms with E-state index in [9.17, 15) is 13.2 Å². The van der Waals surface area contributed by atoms with E-state index < -0.39 is 10.0 Å².